The maximum atomic E-state index is 13.8. The zero-order valence-corrected chi connectivity index (χ0v) is 21.5. The molecule has 37 heavy (non-hydrogen) atoms. The van der Waals surface area contributed by atoms with Crippen LogP contribution in [0, 0.1) is 13.8 Å². The van der Waals surface area contributed by atoms with Crippen LogP contribution < -0.4 is 20.1 Å². The molecule has 1 aliphatic rings. The Morgan fingerprint density at radius 3 is 2.51 bits per heavy atom. The lowest BCUT2D eigenvalue weighted by molar-refractivity contribution is -0.113. The molecule has 0 saturated heterocycles. The number of carbonyl (C=O) groups is 1. The second kappa shape index (κ2) is 9.81. The standard InChI is InChI=1S/C29H29N5O3/c1-17-13-14-21(15-18(17)2)27-32-29-30-19(3)25(28(35)31-23-11-6-7-12-24(23)37-5)26(34(29)33-27)20-9-8-10-22(16-20)36-4/h6-16,26H,1-5H3,(H,31,35)(H,30,32,33). The monoisotopic (exact) mass is 495 g/mol. The molecule has 8 heteroatoms. The molecule has 0 aliphatic carbocycles. The number of allylic oxidation sites excluding steroid dienone is 1. The molecule has 1 atom stereocenters. The molecule has 0 bridgehead atoms. The van der Waals surface area contributed by atoms with Crippen LogP contribution >= 0.6 is 0 Å². The van der Waals surface area contributed by atoms with Crippen LogP contribution in [0.25, 0.3) is 11.4 Å². The Bertz CT molecular complexity index is 1520. The van der Waals surface area contributed by atoms with Crippen molar-refractivity contribution in [2.24, 2.45) is 0 Å². The summed E-state index contributed by atoms with van der Waals surface area (Å²) in [7, 11) is 3.20. The van der Waals surface area contributed by atoms with Crippen molar-refractivity contribution >= 4 is 17.5 Å². The van der Waals surface area contributed by atoms with Gasteiger partial charge in [-0.25, -0.2) is 4.68 Å². The lowest BCUT2D eigenvalue weighted by atomic mass is 9.95. The van der Waals surface area contributed by atoms with E-state index in [1.54, 1.807) is 25.0 Å². The number of hydrogen-bond donors (Lipinski definition) is 2. The van der Waals surface area contributed by atoms with Crippen LogP contribution in [0.15, 0.2) is 78.0 Å². The largest absolute Gasteiger partial charge is 0.497 e. The van der Waals surface area contributed by atoms with E-state index in [0.29, 0.717) is 40.2 Å². The number of rotatable bonds is 6. The van der Waals surface area contributed by atoms with Gasteiger partial charge in [-0.2, -0.15) is 4.98 Å². The fourth-order valence-electron chi connectivity index (χ4n) is 4.51. The van der Waals surface area contributed by atoms with Gasteiger partial charge in [-0.05, 0) is 67.8 Å². The molecule has 0 spiro atoms. The van der Waals surface area contributed by atoms with E-state index in [0.717, 1.165) is 16.7 Å². The molecule has 0 fully saturated rings. The van der Waals surface area contributed by atoms with Gasteiger partial charge < -0.3 is 20.1 Å². The van der Waals surface area contributed by atoms with Gasteiger partial charge in [0.05, 0.1) is 25.5 Å². The number of aryl methyl sites for hydroxylation is 2. The first-order chi connectivity index (χ1) is 17.9. The maximum Gasteiger partial charge on any atom is 0.255 e. The van der Waals surface area contributed by atoms with E-state index < -0.39 is 6.04 Å². The lowest BCUT2D eigenvalue weighted by Crippen LogP contribution is -2.31. The molecule has 5 rings (SSSR count). The van der Waals surface area contributed by atoms with Crippen molar-refractivity contribution < 1.29 is 14.3 Å². The number of hydrogen-bond acceptors (Lipinski definition) is 6. The highest BCUT2D eigenvalue weighted by Gasteiger charge is 2.35. The number of nitrogens with zero attached hydrogens (tertiary/aromatic N) is 3. The van der Waals surface area contributed by atoms with Crippen molar-refractivity contribution in [3.8, 4) is 22.9 Å². The topological polar surface area (TPSA) is 90.3 Å². The number of nitrogens with one attached hydrogen (secondary N) is 2. The third-order valence-electron chi connectivity index (χ3n) is 6.63. The Hall–Kier alpha value is -4.59. The van der Waals surface area contributed by atoms with Gasteiger partial charge in [0.2, 0.25) is 5.95 Å². The minimum absolute atomic E-state index is 0.267. The van der Waals surface area contributed by atoms with Crippen molar-refractivity contribution in [1.29, 1.82) is 0 Å². The SMILES string of the molecule is COc1cccc(C2C(C(=O)Nc3ccccc3OC)=C(C)Nc3nc(-c4ccc(C)c(C)c4)nn32)c1. The third-order valence-corrected chi connectivity index (χ3v) is 6.63. The highest BCUT2D eigenvalue weighted by Crippen LogP contribution is 2.38. The molecule has 4 aromatic rings. The zero-order valence-electron chi connectivity index (χ0n) is 21.5. The fraction of sp³-hybridized carbons (Fsp3) is 0.207. The number of para-hydroxylation sites is 2. The second-order valence-electron chi connectivity index (χ2n) is 9.00. The molecule has 0 saturated carbocycles. The molecule has 2 heterocycles. The summed E-state index contributed by atoms with van der Waals surface area (Å²) in [6.07, 6.45) is 0. The first kappa shape index (κ1) is 24.1. The predicted octanol–water partition coefficient (Wildman–Crippen LogP) is 5.51. The van der Waals surface area contributed by atoms with E-state index in [9.17, 15) is 4.79 Å². The molecule has 2 N–H and O–H groups in total. The van der Waals surface area contributed by atoms with Gasteiger partial charge in [0.25, 0.3) is 5.91 Å². The van der Waals surface area contributed by atoms with Crippen molar-refractivity contribution in [3.63, 3.8) is 0 Å². The van der Waals surface area contributed by atoms with Crippen LogP contribution in [0.4, 0.5) is 11.6 Å². The molecule has 1 aromatic heterocycles. The number of methoxy groups -OCH3 is 2. The van der Waals surface area contributed by atoms with Crippen molar-refractivity contribution in [1.82, 2.24) is 14.8 Å². The number of benzene rings is 3. The molecular formula is C29H29N5O3. The average Bonchev–Trinajstić information content (AvgIpc) is 3.33. The van der Waals surface area contributed by atoms with Gasteiger partial charge >= 0.3 is 0 Å². The number of amides is 1. The van der Waals surface area contributed by atoms with Crippen LogP contribution in [0.5, 0.6) is 11.5 Å². The first-order valence-corrected chi connectivity index (χ1v) is 12.0. The normalized spacial score (nSPS) is 14.6. The highest BCUT2D eigenvalue weighted by atomic mass is 16.5. The summed E-state index contributed by atoms with van der Waals surface area (Å²) in [6.45, 7) is 6.02. The van der Waals surface area contributed by atoms with Crippen molar-refractivity contribution in [2.45, 2.75) is 26.8 Å². The summed E-state index contributed by atoms with van der Waals surface area (Å²) in [5, 5.41) is 11.2. The first-order valence-electron chi connectivity index (χ1n) is 12.0. The molecule has 1 aliphatic heterocycles. The van der Waals surface area contributed by atoms with Crippen LogP contribution in [0.2, 0.25) is 0 Å². The maximum absolute atomic E-state index is 13.8. The summed E-state index contributed by atoms with van der Waals surface area (Å²) in [6, 6.07) is 20.6. The summed E-state index contributed by atoms with van der Waals surface area (Å²) in [4.78, 5) is 18.6. The van der Waals surface area contributed by atoms with Crippen molar-refractivity contribution in [3.05, 3.63) is 94.7 Å². The van der Waals surface area contributed by atoms with Gasteiger partial charge in [-0.1, -0.05) is 36.4 Å². The number of aromatic nitrogens is 3. The third kappa shape index (κ3) is 4.53. The Balaban J connectivity index is 1.62. The van der Waals surface area contributed by atoms with E-state index in [2.05, 4.69) is 36.6 Å². The second-order valence-corrected chi connectivity index (χ2v) is 9.00. The van der Waals surface area contributed by atoms with E-state index in [4.69, 9.17) is 19.6 Å². The smallest absolute Gasteiger partial charge is 0.255 e. The Labute approximate surface area is 216 Å². The van der Waals surface area contributed by atoms with Crippen LogP contribution in [0.1, 0.15) is 29.7 Å². The van der Waals surface area contributed by atoms with Gasteiger partial charge in [0.1, 0.15) is 17.5 Å². The molecule has 188 valence electrons. The molecule has 8 nitrogen and oxygen atoms in total. The molecule has 3 aromatic carbocycles. The Kier molecular flexibility index (Phi) is 6.40. The fourth-order valence-corrected chi connectivity index (χ4v) is 4.51. The molecule has 0 radical (unpaired) electrons. The summed E-state index contributed by atoms with van der Waals surface area (Å²) in [5.74, 6) is 2.14. The predicted molar refractivity (Wildman–Crippen MR) is 144 cm³/mol. The zero-order chi connectivity index (χ0) is 26.1. The number of anilines is 2. The molecule has 1 amide bonds. The average molecular weight is 496 g/mol. The van der Waals surface area contributed by atoms with Crippen LogP contribution in [-0.2, 0) is 4.79 Å². The number of fused-ring (bicyclic) bond motifs is 1. The highest BCUT2D eigenvalue weighted by molar-refractivity contribution is 6.06. The van der Waals surface area contributed by atoms with Gasteiger partial charge in [-0.3, -0.25) is 4.79 Å². The van der Waals surface area contributed by atoms with E-state index in [-0.39, 0.29) is 5.91 Å². The summed E-state index contributed by atoms with van der Waals surface area (Å²) >= 11 is 0. The quantitative estimate of drug-likeness (QED) is 0.367. The van der Waals surface area contributed by atoms with Gasteiger partial charge in [0.15, 0.2) is 5.82 Å². The minimum atomic E-state index is -0.533. The van der Waals surface area contributed by atoms with Gasteiger partial charge in [-0.15, -0.1) is 5.10 Å². The molecule has 1 unspecified atom stereocenters. The van der Waals surface area contributed by atoms with Crippen LogP contribution in [0.3, 0.4) is 0 Å². The number of carbonyl (C=O) groups excluding carboxylic acids is 1. The van der Waals surface area contributed by atoms with Crippen molar-refractivity contribution in [2.75, 3.05) is 24.9 Å². The van der Waals surface area contributed by atoms with E-state index in [1.807, 2.05) is 55.5 Å². The van der Waals surface area contributed by atoms with E-state index >= 15 is 0 Å². The lowest BCUT2D eigenvalue weighted by Gasteiger charge is -2.29. The van der Waals surface area contributed by atoms with Gasteiger partial charge in [0, 0.05) is 11.3 Å². The van der Waals surface area contributed by atoms with E-state index in [1.165, 1.54) is 5.56 Å². The molecular weight excluding hydrogens is 466 g/mol. The van der Waals surface area contributed by atoms with Crippen LogP contribution in [-0.4, -0.2) is 34.9 Å². The Morgan fingerprint density at radius 1 is 0.946 bits per heavy atom. The Morgan fingerprint density at radius 2 is 1.76 bits per heavy atom. The summed E-state index contributed by atoms with van der Waals surface area (Å²) < 4.78 is 12.7. The minimum Gasteiger partial charge on any atom is -0.497 e. The summed E-state index contributed by atoms with van der Waals surface area (Å²) in [5.41, 5.74) is 5.91. The number of ether oxygens (including phenoxy) is 2.